The van der Waals surface area contributed by atoms with Crippen molar-refractivity contribution >= 4 is 23.9 Å². The van der Waals surface area contributed by atoms with Gasteiger partial charge in [-0.2, -0.15) is 0 Å². The van der Waals surface area contributed by atoms with Gasteiger partial charge in [-0.15, -0.1) is 0 Å². The van der Waals surface area contributed by atoms with E-state index in [1.54, 1.807) is 19.1 Å². The van der Waals surface area contributed by atoms with Gasteiger partial charge in [-0.05, 0) is 19.1 Å². The Bertz CT molecular complexity index is 564. The van der Waals surface area contributed by atoms with E-state index in [0.717, 1.165) is 0 Å². The van der Waals surface area contributed by atoms with Gasteiger partial charge in [0.1, 0.15) is 0 Å². The van der Waals surface area contributed by atoms with E-state index in [1.165, 1.54) is 0 Å². The Labute approximate surface area is 137 Å². The molecule has 1 rings (SSSR count). The fraction of sp³-hybridized carbons (Fsp3) is 0.333. The Morgan fingerprint density at radius 1 is 0.958 bits per heavy atom. The van der Waals surface area contributed by atoms with Gasteiger partial charge in [-0.25, -0.2) is 9.59 Å². The molecule has 0 saturated heterocycles. The topological polar surface area (TPSA) is 158 Å². The van der Waals surface area contributed by atoms with Gasteiger partial charge in [-0.3, -0.25) is 9.59 Å². The van der Waals surface area contributed by atoms with Crippen molar-refractivity contribution in [2.24, 2.45) is 0 Å². The highest BCUT2D eigenvalue weighted by Gasteiger charge is 2.40. The van der Waals surface area contributed by atoms with E-state index in [1.807, 2.05) is 18.2 Å². The summed E-state index contributed by atoms with van der Waals surface area (Å²) in [5.41, 5.74) is -2.13. The normalized spacial score (nSPS) is 10.1. The smallest absolute Gasteiger partial charge is 0.338 e. The second kappa shape index (κ2) is 9.95. The van der Waals surface area contributed by atoms with Gasteiger partial charge in [0.2, 0.25) is 0 Å². The zero-order chi connectivity index (χ0) is 18.8. The monoisotopic (exact) mass is 342 g/mol. The summed E-state index contributed by atoms with van der Waals surface area (Å²) in [7, 11) is 0. The van der Waals surface area contributed by atoms with Crippen LogP contribution in [0.15, 0.2) is 30.3 Å². The van der Waals surface area contributed by atoms with Crippen LogP contribution >= 0.6 is 0 Å². The molecule has 0 aliphatic rings. The SMILES string of the molecule is CCOC(=O)c1ccccc1.O=C(O)CC(O)(CC(=O)O)C(=O)O. The van der Waals surface area contributed by atoms with Gasteiger partial charge in [-0.1, -0.05) is 18.2 Å². The second-order valence-corrected chi connectivity index (χ2v) is 4.56. The van der Waals surface area contributed by atoms with Crippen LogP contribution in [-0.2, 0) is 19.1 Å². The summed E-state index contributed by atoms with van der Waals surface area (Å²) < 4.78 is 4.79. The first-order chi connectivity index (χ1) is 11.1. The standard InChI is InChI=1S/C9H10O2.C6H8O7/c1-2-11-9(10)8-6-4-3-5-7-8;7-3(8)1-6(13,5(11)12)2-4(9)10/h3-7H,2H2,1H3;13H,1-2H2,(H,7,8)(H,9,10)(H,11,12). The molecule has 0 saturated carbocycles. The number of aliphatic hydroxyl groups is 1. The number of rotatable bonds is 7. The highest BCUT2D eigenvalue weighted by atomic mass is 16.5. The average molecular weight is 342 g/mol. The van der Waals surface area contributed by atoms with E-state index in [4.69, 9.17) is 25.2 Å². The van der Waals surface area contributed by atoms with E-state index in [-0.39, 0.29) is 5.97 Å². The molecular formula is C15H18O9. The van der Waals surface area contributed by atoms with Crippen molar-refractivity contribution in [3.05, 3.63) is 35.9 Å². The predicted octanol–water partition coefficient (Wildman–Crippen LogP) is 0.615. The Balaban J connectivity index is 0.000000446. The third kappa shape index (κ3) is 7.90. The maximum atomic E-state index is 11.0. The molecule has 0 fully saturated rings. The molecule has 9 heteroatoms. The second-order valence-electron chi connectivity index (χ2n) is 4.56. The maximum Gasteiger partial charge on any atom is 0.338 e. The summed E-state index contributed by atoms with van der Waals surface area (Å²) in [6.07, 6.45) is -2.29. The predicted molar refractivity (Wildman–Crippen MR) is 79.5 cm³/mol. The first-order valence-electron chi connectivity index (χ1n) is 6.74. The molecule has 0 atom stereocenters. The Morgan fingerprint density at radius 2 is 1.42 bits per heavy atom. The fourth-order valence-electron chi connectivity index (χ4n) is 1.50. The number of esters is 1. The molecule has 4 N–H and O–H groups in total. The Hall–Kier alpha value is -2.94. The van der Waals surface area contributed by atoms with Crippen molar-refractivity contribution in [3.63, 3.8) is 0 Å². The largest absolute Gasteiger partial charge is 0.481 e. The number of carboxylic acid groups (broad SMARTS) is 3. The van der Waals surface area contributed by atoms with E-state index in [2.05, 4.69) is 0 Å². The summed E-state index contributed by atoms with van der Waals surface area (Å²) in [5.74, 6) is -5.28. The van der Waals surface area contributed by atoms with Crippen LogP contribution < -0.4 is 0 Å². The lowest BCUT2D eigenvalue weighted by atomic mass is 9.96. The third-order valence-electron chi connectivity index (χ3n) is 2.57. The summed E-state index contributed by atoms with van der Waals surface area (Å²) in [6, 6.07) is 8.96. The summed E-state index contributed by atoms with van der Waals surface area (Å²) >= 11 is 0. The zero-order valence-corrected chi connectivity index (χ0v) is 12.8. The minimum Gasteiger partial charge on any atom is -0.481 e. The molecule has 0 amide bonds. The Kier molecular flexibility index (Phi) is 8.73. The van der Waals surface area contributed by atoms with Gasteiger partial charge in [0.05, 0.1) is 25.0 Å². The van der Waals surface area contributed by atoms with Crippen molar-refractivity contribution in [1.82, 2.24) is 0 Å². The van der Waals surface area contributed by atoms with Gasteiger partial charge < -0.3 is 25.2 Å². The van der Waals surface area contributed by atoms with Crippen LogP contribution in [0.1, 0.15) is 30.1 Å². The number of carbonyl (C=O) groups excluding carboxylic acids is 1. The molecule has 0 spiro atoms. The van der Waals surface area contributed by atoms with Crippen LogP contribution in [0.5, 0.6) is 0 Å². The summed E-state index contributed by atoms with van der Waals surface area (Å²) in [5, 5.41) is 33.8. The van der Waals surface area contributed by atoms with Crippen molar-refractivity contribution in [3.8, 4) is 0 Å². The highest BCUT2D eigenvalue weighted by Crippen LogP contribution is 2.15. The van der Waals surface area contributed by atoms with Gasteiger partial charge in [0.25, 0.3) is 0 Å². The molecule has 9 nitrogen and oxygen atoms in total. The summed E-state index contributed by atoms with van der Waals surface area (Å²) in [6.45, 7) is 2.22. The Morgan fingerprint density at radius 3 is 1.75 bits per heavy atom. The van der Waals surface area contributed by atoms with Crippen LogP contribution in [0.25, 0.3) is 0 Å². The van der Waals surface area contributed by atoms with Crippen molar-refractivity contribution in [2.45, 2.75) is 25.4 Å². The molecular weight excluding hydrogens is 324 g/mol. The zero-order valence-electron chi connectivity index (χ0n) is 12.8. The number of hydrogen-bond donors (Lipinski definition) is 4. The number of ether oxygens (including phenoxy) is 1. The quantitative estimate of drug-likeness (QED) is 0.521. The van der Waals surface area contributed by atoms with E-state index >= 15 is 0 Å². The third-order valence-corrected chi connectivity index (χ3v) is 2.57. The fourth-order valence-corrected chi connectivity index (χ4v) is 1.50. The van der Waals surface area contributed by atoms with Crippen molar-refractivity contribution in [1.29, 1.82) is 0 Å². The number of aliphatic carboxylic acids is 3. The molecule has 0 aliphatic heterocycles. The molecule has 0 bridgehead atoms. The highest BCUT2D eigenvalue weighted by molar-refractivity contribution is 5.89. The average Bonchev–Trinajstić information content (AvgIpc) is 2.47. The van der Waals surface area contributed by atoms with Crippen LogP contribution in [0, 0.1) is 0 Å². The molecule has 132 valence electrons. The molecule has 0 heterocycles. The lowest BCUT2D eigenvalue weighted by molar-refractivity contribution is -0.170. The molecule has 0 radical (unpaired) electrons. The maximum absolute atomic E-state index is 11.0. The van der Waals surface area contributed by atoms with Crippen LogP contribution in [0.2, 0.25) is 0 Å². The molecule has 0 aromatic heterocycles. The molecule has 0 unspecified atom stereocenters. The van der Waals surface area contributed by atoms with Gasteiger partial charge in [0, 0.05) is 0 Å². The van der Waals surface area contributed by atoms with E-state index in [9.17, 15) is 19.2 Å². The van der Waals surface area contributed by atoms with Crippen LogP contribution in [0.4, 0.5) is 0 Å². The minimum atomic E-state index is -2.74. The van der Waals surface area contributed by atoms with Crippen molar-refractivity contribution < 1.29 is 44.3 Å². The minimum absolute atomic E-state index is 0.256. The molecule has 24 heavy (non-hydrogen) atoms. The van der Waals surface area contributed by atoms with Crippen LogP contribution in [0.3, 0.4) is 0 Å². The van der Waals surface area contributed by atoms with E-state index in [0.29, 0.717) is 12.2 Å². The lowest BCUT2D eigenvalue weighted by Gasteiger charge is -2.18. The van der Waals surface area contributed by atoms with E-state index < -0.39 is 36.4 Å². The molecule has 1 aromatic carbocycles. The first-order valence-corrected chi connectivity index (χ1v) is 6.74. The van der Waals surface area contributed by atoms with Crippen molar-refractivity contribution in [2.75, 3.05) is 6.61 Å². The van der Waals surface area contributed by atoms with Crippen LogP contribution in [-0.4, -0.2) is 56.5 Å². The number of carbonyl (C=O) groups is 4. The number of benzene rings is 1. The lowest BCUT2D eigenvalue weighted by Crippen LogP contribution is -2.42. The van der Waals surface area contributed by atoms with Gasteiger partial charge >= 0.3 is 23.9 Å². The first kappa shape index (κ1) is 21.1. The van der Waals surface area contributed by atoms with Gasteiger partial charge in [0.15, 0.2) is 5.60 Å². The number of hydrogen-bond acceptors (Lipinski definition) is 6. The summed E-state index contributed by atoms with van der Waals surface area (Å²) in [4.78, 5) is 41.5. The molecule has 1 aromatic rings. The molecule has 0 aliphatic carbocycles. The number of carboxylic acids is 3.